The van der Waals surface area contributed by atoms with E-state index in [1.54, 1.807) is 0 Å². The number of imidazole rings is 1. The first-order valence-corrected chi connectivity index (χ1v) is 14.0. The van der Waals surface area contributed by atoms with Crippen molar-refractivity contribution in [2.75, 3.05) is 44.2 Å². The van der Waals surface area contributed by atoms with Crippen molar-refractivity contribution in [2.45, 2.75) is 27.2 Å². The molecule has 1 aliphatic heterocycles. The number of anilines is 1. The van der Waals surface area contributed by atoms with Crippen LogP contribution < -0.4 is 10.2 Å². The first-order chi connectivity index (χ1) is 18.9. The van der Waals surface area contributed by atoms with Crippen LogP contribution in [0, 0.1) is 20.8 Å². The van der Waals surface area contributed by atoms with Crippen LogP contribution in [0.15, 0.2) is 72.8 Å². The van der Waals surface area contributed by atoms with Gasteiger partial charge in [0.05, 0.1) is 16.4 Å². The van der Waals surface area contributed by atoms with Gasteiger partial charge in [-0.3, -0.25) is 14.3 Å². The average molecular weight is 542 g/mol. The van der Waals surface area contributed by atoms with E-state index in [0.717, 1.165) is 56.1 Å². The number of hydrogen-bond acceptors (Lipinski definition) is 4. The fourth-order valence-corrected chi connectivity index (χ4v) is 5.52. The molecule has 1 aromatic heterocycles. The minimum Gasteiger partial charge on any atom is -0.369 e. The van der Waals surface area contributed by atoms with E-state index in [1.165, 1.54) is 16.8 Å². The molecule has 202 valence electrons. The number of aromatic nitrogens is 2. The molecule has 0 aliphatic carbocycles. The van der Waals surface area contributed by atoms with Gasteiger partial charge in [-0.1, -0.05) is 66.2 Å². The van der Waals surface area contributed by atoms with Crippen molar-refractivity contribution in [3.05, 3.63) is 100 Å². The monoisotopic (exact) mass is 541 g/mol. The highest BCUT2D eigenvalue weighted by atomic mass is 35.5. The number of nitrogens with zero attached hydrogens (tertiary/aromatic N) is 4. The summed E-state index contributed by atoms with van der Waals surface area (Å²) in [6, 6.07) is 24.1. The standard InChI is InChI=1S/C32H36ClN5O/c1-23-11-9-16-28(24(23)2)37-21-19-36(20-22-37)18-10-17-34-32(39)30-25(3)38(29-15-8-7-14-27(29)33)31(35-30)26-12-5-4-6-13-26/h4-9,11-16H,10,17-22H2,1-3H3,(H,34,39). The second kappa shape index (κ2) is 12.1. The molecule has 39 heavy (non-hydrogen) atoms. The Hall–Kier alpha value is -3.61. The number of rotatable bonds is 8. The molecule has 1 aliphatic rings. The predicted octanol–water partition coefficient (Wildman–Crippen LogP) is 6.06. The lowest BCUT2D eigenvalue weighted by Gasteiger charge is -2.37. The molecule has 2 heterocycles. The van der Waals surface area contributed by atoms with Crippen molar-refractivity contribution < 1.29 is 4.79 Å². The summed E-state index contributed by atoms with van der Waals surface area (Å²) in [7, 11) is 0. The van der Waals surface area contributed by atoms with Crippen LogP contribution >= 0.6 is 11.6 Å². The molecule has 7 heteroatoms. The number of aryl methyl sites for hydroxylation is 1. The Labute approximate surface area is 236 Å². The largest absolute Gasteiger partial charge is 0.369 e. The number of carbonyl (C=O) groups is 1. The first-order valence-electron chi connectivity index (χ1n) is 13.7. The van der Waals surface area contributed by atoms with Gasteiger partial charge in [-0.25, -0.2) is 4.98 Å². The number of para-hydroxylation sites is 1. The summed E-state index contributed by atoms with van der Waals surface area (Å²) in [6.45, 7) is 12.0. The maximum Gasteiger partial charge on any atom is 0.271 e. The summed E-state index contributed by atoms with van der Waals surface area (Å²) in [4.78, 5) is 23.0. The summed E-state index contributed by atoms with van der Waals surface area (Å²) < 4.78 is 1.97. The summed E-state index contributed by atoms with van der Waals surface area (Å²) in [5, 5.41) is 3.71. The second-order valence-corrected chi connectivity index (χ2v) is 10.6. The van der Waals surface area contributed by atoms with Crippen molar-refractivity contribution in [1.29, 1.82) is 0 Å². The number of piperazine rings is 1. The van der Waals surface area contributed by atoms with Crippen molar-refractivity contribution in [1.82, 2.24) is 19.8 Å². The Morgan fingerprint density at radius 2 is 1.56 bits per heavy atom. The highest BCUT2D eigenvalue weighted by Gasteiger charge is 2.23. The zero-order valence-corrected chi connectivity index (χ0v) is 23.7. The molecule has 0 unspecified atom stereocenters. The lowest BCUT2D eigenvalue weighted by molar-refractivity contribution is 0.0946. The average Bonchev–Trinajstić information content (AvgIpc) is 3.30. The predicted molar refractivity (Wildman–Crippen MR) is 160 cm³/mol. The van der Waals surface area contributed by atoms with E-state index in [-0.39, 0.29) is 5.91 Å². The number of nitrogens with one attached hydrogen (secondary N) is 1. The lowest BCUT2D eigenvalue weighted by atomic mass is 10.1. The second-order valence-electron chi connectivity index (χ2n) is 10.2. The molecule has 1 N–H and O–H groups in total. The third-order valence-corrected chi connectivity index (χ3v) is 7.99. The van der Waals surface area contributed by atoms with Crippen LogP contribution in [0.2, 0.25) is 5.02 Å². The number of carbonyl (C=O) groups excluding carboxylic acids is 1. The molecule has 0 radical (unpaired) electrons. The molecule has 1 fully saturated rings. The van der Waals surface area contributed by atoms with Crippen LogP contribution in [0.3, 0.4) is 0 Å². The Kier molecular flexibility index (Phi) is 8.34. The van der Waals surface area contributed by atoms with E-state index in [2.05, 4.69) is 47.2 Å². The van der Waals surface area contributed by atoms with Gasteiger partial charge in [-0.15, -0.1) is 0 Å². The molecule has 0 saturated carbocycles. The smallest absolute Gasteiger partial charge is 0.271 e. The van der Waals surface area contributed by atoms with E-state index in [4.69, 9.17) is 16.6 Å². The van der Waals surface area contributed by atoms with E-state index in [1.807, 2.05) is 66.1 Å². The highest BCUT2D eigenvalue weighted by molar-refractivity contribution is 6.32. The van der Waals surface area contributed by atoms with Crippen LogP contribution in [0.1, 0.15) is 33.7 Å². The van der Waals surface area contributed by atoms with Gasteiger partial charge in [0, 0.05) is 44.0 Å². The minimum absolute atomic E-state index is 0.157. The summed E-state index contributed by atoms with van der Waals surface area (Å²) in [6.07, 6.45) is 0.894. The van der Waals surface area contributed by atoms with Gasteiger partial charge in [0.25, 0.3) is 5.91 Å². The molecule has 0 spiro atoms. The van der Waals surface area contributed by atoms with Crippen LogP contribution in [0.5, 0.6) is 0 Å². The minimum atomic E-state index is -0.157. The number of hydrogen-bond donors (Lipinski definition) is 1. The van der Waals surface area contributed by atoms with E-state index in [0.29, 0.717) is 23.1 Å². The van der Waals surface area contributed by atoms with E-state index in [9.17, 15) is 4.79 Å². The van der Waals surface area contributed by atoms with Gasteiger partial charge < -0.3 is 10.2 Å². The fraction of sp³-hybridized carbons (Fsp3) is 0.312. The number of halogens is 1. The molecule has 5 rings (SSSR count). The molecule has 3 aromatic carbocycles. The third kappa shape index (κ3) is 5.87. The molecule has 4 aromatic rings. The number of amides is 1. The van der Waals surface area contributed by atoms with Gasteiger partial charge >= 0.3 is 0 Å². The van der Waals surface area contributed by atoms with E-state index >= 15 is 0 Å². The van der Waals surface area contributed by atoms with Crippen molar-refractivity contribution >= 4 is 23.2 Å². The topological polar surface area (TPSA) is 53.4 Å². The fourth-order valence-electron chi connectivity index (χ4n) is 5.30. The zero-order valence-electron chi connectivity index (χ0n) is 23.0. The Morgan fingerprint density at radius 1 is 0.872 bits per heavy atom. The summed E-state index contributed by atoms with van der Waals surface area (Å²) in [5.74, 6) is 0.545. The molecule has 6 nitrogen and oxygen atoms in total. The van der Waals surface area contributed by atoms with Crippen LogP contribution in [0.25, 0.3) is 17.1 Å². The Morgan fingerprint density at radius 3 is 2.31 bits per heavy atom. The molecule has 1 saturated heterocycles. The van der Waals surface area contributed by atoms with Crippen molar-refractivity contribution in [3.63, 3.8) is 0 Å². The van der Waals surface area contributed by atoms with Crippen molar-refractivity contribution in [2.24, 2.45) is 0 Å². The summed E-state index contributed by atoms with van der Waals surface area (Å²) >= 11 is 6.56. The number of benzene rings is 3. The van der Waals surface area contributed by atoms with Gasteiger partial charge in [0.2, 0.25) is 0 Å². The van der Waals surface area contributed by atoms with Crippen LogP contribution in [0.4, 0.5) is 5.69 Å². The third-order valence-electron chi connectivity index (χ3n) is 7.67. The van der Waals surface area contributed by atoms with Gasteiger partial charge in [0.15, 0.2) is 0 Å². The van der Waals surface area contributed by atoms with Crippen molar-refractivity contribution in [3.8, 4) is 17.1 Å². The molecular weight excluding hydrogens is 506 g/mol. The molecule has 0 bridgehead atoms. The Balaban J connectivity index is 1.20. The van der Waals surface area contributed by atoms with Crippen LogP contribution in [-0.4, -0.2) is 59.6 Å². The van der Waals surface area contributed by atoms with E-state index < -0.39 is 0 Å². The molecule has 1 amide bonds. The van der Waals surface area contributed by atoms with Gasteiger partial charge in [0.1, 0.15) is 11.5 Å². The van der Waals surface area contributed by atoms with Gasteiger partial charge in [-0.05, 0) is 63.1 Å². The first kappa shape index (κ1) is 27.0. The molecular formula is C32H36ClN5O. The quantitative estimate of drug-likeness (QED) is 0.275. The summed E-state index contributed by atoms with van der Waals surface area (Å²) in [5.41, 5.74) is 6.99. The maximum atomic E-state index is 13.2. The highest BCUT2D eigenvalue weighted by Crippen LogP contribution is 2.30. The Bertz CT molecular complexity index is 1440. The van der Waals surface area contributed by atoms with Gasteiger partial charge in [-0.2, -0.15) is 0 Å². The SMILES string of the molecule is Cc1cccc(N2CCN(CCCNC(=O)c3nc(-c4ccccc4)n(-c4ccccc4Cl)c3C)CC2)c1C. The normalized spacial score (nSPS) is 14.0. The molecule has 0 atom stereocenters. The maximum absolute atomic E-state index is 13.2. The zero-order chi connectivity index (χ0) is 27.4. The lowest BCUT2D eigenvalue weighted by Crippen LogP contribution is -2.47. The van der Waals surface area contributed by atoms with Crippen LogP contribution in [-0.2, 0) is 0 Å².